The molecule has 0 aromatic heterocycles. The highest BCUT2D eigenvalue weighted by molar-refractivity contribution is 6.04. The van der Waals surface area contributed by atoms with Crippen LogP contribution in [0.2, 0.25) is 0 Å². The van der Waals surface area contributed by atoms with Crippen LogP contribution in [0, 0.1) is 0 Å². The van der Waals surface area contributed by atoms with Crippen molar-refractivity contribution in [3.63, 3.8) is 0 Å². The molecule has 102 valence electrons. The number of carbonyl (C=O) groups is 1. The van der Waals surface area contributed by atoms with E-state index in [4.69, 9.17) is 4.74 Å². The predicted molar refractivity (Wildman–Crippen MR) is 77.1 cm³/mol. The lowest BCUT2D eigenvalue weighted by molar-refractivity contribution is 0.0981. The Kier molecular flexibility index (Phi) is 3.06. The number of Topliss-reactive ketones (excluding diaryl/α,β-unsaturated/α-hetero) is 1. The highest BCUT2D eigenvalue weighted by Crippen LogP contribution is 2.37. The van der Waals surface area contributed by atoms with E-state index in [2.05, 4.69) is 0 Å². The van der Waals surface area contributed by atoms with Crippen molar-refractivity contribution in [1.29, 1.82) is 0 Å². The van der Waals surface area contributed by atoms with Gasteiger partial charge in [0, 0.05) is 30.3 Å². The van der Waals surface area contributed by atoms with E-state index < -0.39 is 0 Å². The van der Waals surface area contributed by atoms with E-state index in [0.29, 0.717) is 18.7 Å². The van der Waals surface area contributed by atoms with Gasteiger partial charge in [-0.15, -0.1) is 0 Å². The van der Waals surface area contributed by atoms with Crippen LogP contribution in [0.25, 0.3) is 0 Å². The summed E-state index contributed by atoms with van der Waals surface area (Å²) in [5, 5.41) is 9.90. The second-order valence-corrected chi connectivity index (χ2v) is 4.70. The van der Waals surface area contributed by atoms with Crippen molar-refractivity contribution < 1.29 is 14.6 Å². The van der Waals surface area contributed by atoms with Crippen LogP contribution in [0.15, 0.2) is 42.5 Å². The molecule has 1 N–H and O–H groups in total. The Balaban J connectivity index is 2.05. The smallest absolute Gasteiger partial charge is 0.166 e. The topological polar surface area (TPSA) is 49.8 Å². The molecule has 1 aliphatic rings. The Hall–Kier alpha value is -2.49. The first kappa shape index (κ1) is 12.5. The van der Waals surface area contributed by atoms with Crippen LogP contribution in [0.1, 0.15) is 16.8 Å². The maximum absolute atomic E-state index is 11.9. The molecular formula is C16H15NO3. The van der Waals surface area contributed by atoms with Crippen LogP contribution in [0.4, 0.5) is 11.4 Å². The average Bonchev–Trinajstić information content (AvgIpc) is 2.48. The molecule has 1 heterocycles. The Labute approximate surface area is 117 Å². The number of aromatic hydroxyl groups is 1. The molecule has 0 unspecified atom stereocenters. The van der Waals surface area contributed by atoms with Gasteiger partial charge < -0.3 is 14.7 Å². The first-order valence-electron chi connectivity index (χ1n) is 6.47. The number of ether oxygens (including phenoxy) is 1. The van der Waals surface area contributed by atoms with Crippen molar-refractivity contribution >= 4 is 17.2 Å². The zero-order chi connectivity index (χ0) is 14.1. The predicted octanol–water partition coefficient (Wildman–Crippen LogP) is 3.13. The summed E-state index contributed by atoms with van der Waals surface area (Å²) in [7, 11) is 1.52. The third-order valence-electron chi connectivity index (χ3n) is 3.53. The number of phenols is 1. The van der Waals surface area contributed by atoms with Gasteiger partial charge in [-0.25, -0.2) is 0 Å². The summed E-state index contributed by atoms with van der Waals surface area (Å²) in [6, 6.07) is 12.8. The molecule has 0 saturated carbocycles. The lowest BCUT2D eigenvalue weighted by Crippen LogP contribution is -2.27. The third kappa shape index (κ3) is 1.99. The maximum atomic E-state index is 11.9. The second-order valence-electron chi connectivity index (χ2n) is 4.70. The average molecular weight is 269 g/mol. The number of benzene rings is 2. The van der Waals surface area contributed by atoms with E-state index in [1.165, 1.54) is 7.11 Å². The van der Waals surface area contributed by atoms with Crippen LogP contribution in [-0.4, -0.2) is 24.5 Å². The van der Waals surface area contributed by atoms with Gasteiger partial charge in [0.05, 0.1) is 12.8 Å². The van der Waals surface area contributed by atoms with Crippen molar-refractivity contribution in [3.05, 3.63) is 48.0 Å². The number of para-hydroxylation sites is 1. The van der Waals surface area contributed by atoms with Crippen molar-refractivity contribution in [3.8, 4) is 11.5 Å². The van der Waals surface area contributed by atoms with Gasteiger partial charge in [0.15, 0.2) is 17.3 Å². The zero-order valence-electron chi connectivity index (χ0n) is 11.2. The van der Waals surface area contributed by atoms with Crippen LogP contribution < -0.4 is 9.64 Å². The number of anilines is 2. The van der Waals surface area contributed by atoms with E-state index in [0.717, 1.165) is 16.9 Å². The van der Waals surface area contributed by atoms with Crippen molar-refractivity contribution in [2.75, 3.05) is 18.6 Å². The zero-order valence-corrected chi connectivity index (χ0v) is 11.2. The fourth-order valence-electron chi connectivity index (χ4n) is 2.53. The molecule has 0 saturated heterocycles. The van der Waals surface area contributed by atoms with Gasteiger partial charge in [-0.2, -0.15) is 0 Å². The van der Waals surface area contributed by atoms with Crippen LogP contribution in [-0.2, 0) is 0 Å². The molecule has 4 heteroatoms. The fraction of sp³-hybridized carbons (Fsp3) is 0.188. The molecule has 20 heavy (non-hydrogen) atoms. The molecule has 1 aliphatic heterocycles. The van der Waals surface area contributed by atoms with E-state index in [1.54, 1.807) is 12.1 Å². The quantitative estimate of drug-likeness (QED) is 0.910. The Bertz CT molecular complexity index is 667. The normalized spacial score (nSPS) is 14.1. The molecule has 2 aromatic carbocycles. The molecule has 4 nitrogen and oxygen atoms in total. The molecule has 0 aliphatic carbocycles. The molecule has 0 spiro atoms. The minimum Gasteiger partial charge on any atom is -0.504 e. The van der Waals surface area contributed by atoms with Gasteiger partial charge in [-0.05, 0) is 24.3 Å². The van der Waals surface area contributed by atoms with Crippen molar-refractivity contribution in [2.45, 2.75) is 6.42 Å². The van der Waals surface area contributed by atoms with E-state index in [9.17, 15) is 9.90 Å². The Morgan fingerprint density at radius 1 is 1.20 bits per heavy atom. The number of hydrogen-bond donors (Lipinski definition) is 1. The highest BCUT2D eigenvalue weighted by atomic mass is 16.5. The standard InChI is InChI=1S/C16H15NO3/c1-20-16-7-6-11(10-15(16)19)17-9-8-14(18)12-4-2-3-5-13(12)17/h2-7,10,19H,8-9H2,1H3. The Morgan fingerprint density at radius 3 is 2.75 bits per heavy atom. The molecule has 0 bridgehead atoms. The number of hydrogen-bond acceptors (Lipinski definition) is 4. The highest BCUT2D eigenvalue weighted by Gasteiger charge is 2.23. The summed E-state index contributed by atoms with van der Waals surface area (Å²) in [4.78, 5) is 14.0. The molecular weight excluding hydrogens is 254 g/mol. The van der Waals surface area contributed by atoms with E-state index >= 15 is 0 Å². The SMILES string of the molecule is COc1ccc(N2CCC(=O)c3ccccc32)cc1O. The lowest BCUT2D eigenvalue weighted by Gasteiger charge is -2.30. The van der Waals surface area contributed by atoms with Gasteiger partial charge in [-0.3, -0.25) is 4.79 Å². The summed E-state index contributed by atoms with van der Waals surface area (Å²) in [6.45, 7) is 0.613. The number of carbonyl (C=O) groups excluding carboxylic acids is 1. The third-order valence-corrected chi connectivity index (χ3v) is 3.53. The number of ketones is 1. The fourth-order valence-corrected chi connectivity index (χ4v) is 2.53. The van der Waals surface area contributed by atoms with Crippen LogP contribution in [0.3, 0.4) is 0 Å². The first-order chi connectivity index (χ1) is 9.70. The number of phenolic OH excluding ortho intramolecular Hbond substituents is 1. The van der Waals surface area contributed by atoms with Gasteiger partial charge in [0.25, 0.3) is 0 Å². The lowest BCUT2D eigenvalue weighted by atomic mass is 10.00. The molecule has 0 amide bonds. The summed E-state index contributed by atoms with van der Waals surface area (Å²) < 4.78 is 5.05. The number of rotatable bonds is 2. The van der Waals surface area contributed by atoms with E-state index in [-0.39, 0.29) is 11.5 Å². The molecule has 3 rings (SSSR count). The number of methoxy groups -OCH3 is 1. The largest absolute Gasteiger partial charge is 0.504 e. The van der Waals surface area contributed by atoms with Crippen LogP contribution >= 0.6 is 0 Å². The number of nitrogens with zero attached hydrogens (tertiary/aromatic N) is 1. The summed E-state index contributed by atoms with van der Waals surface area (Å²) in [5.41, 5.74) is 2.46. The van der Waals surface area contributed by atoms with E-state index in [1.807, 2.05) is 35.2 Å². The summed E-state index contributed by atoms with van der Waals surface area (Å²) >= 11 is 0. The van der Waals surface area contributed by atoms with Gasteiger partial charge in [0.2, 0.25) is 0 Å². The maximum Gasteiger partial charge on any atom is 0.166 e. The first-order valence-corrected chi connectivity index (χ1v) is 6.47. The molecule has 0 atom stereocenters. The monoisotopic (exact) mass is 269 g/mol. The van der Waals surface area contributed by atoms with Crippen molar-refractivity contribution in [2.24, 2.45) is 0 Å². The molecule has 0 fully saturated rings. The summed E-state index contributed by atoms with van der Waals surface area (Å²) in [6.07, 6.45) is 0.476. The minimum absolute atomic E-state index is 0.0966. The van der Waals surface area contributed by atoms with Crippen molar-refractivity contribution in [1.82, 2.24) is 0 Å². The Morgan fingerprint density at radius 2 is 2.00 bits per heavy atom. The number of fused-ring (bicyclic) bond motifs is 1. The van der Waals surface area contributed by atoms with Crippen LogP contribution in [0.5, 0.6) is 11.5 Å². The molecule has 2 aromatic rings. The van der Waals surface area contributed by atoms with Gasteiger partial charge in [-0.1, -0.05) is 12.1 Å². The second kappa shape index (κ2) is 4.89. The summed E-state index contributed by atoms with van der Waals surface area (Å²) in [5.74, 6) is 0.698. The molecule has 0 radical (unpaired) electrons. The minimum atomic E-state index is 0.0966. The van der Waals surface area contributed by atoms with Gasteiger partial charge >= 0.3 is 0 Å². The van der Waals surface area contributed by atoms with Gasteiger partial charge in [0.1, 0.15) is 0 Å².